The lowest BCUT2D eigenvalue weighted by molar-refractivity contribution is -0.161. The number of rotatable bonds is 63. The van der Waals surface area contributed by atoms with E-state index in [2.05, 4.69) is 69.4 Å². The zero-order valence-corrected chi connectivity index (χ0v) is 53.0. The van der Waals surface area contributed by atoms with E-state index in [-0.39, 0.29) is 25.9 Å². The normalized spacial score (nSPS) is 13.5. The maximum Gasteiger partial charge on any atom is 0.472 e. The number of allylic oxidation sites excluding steroid dienone is 8. The molecule has 0 rings (SSSR count). The van der Waals surface area contributed by atoms with Crippen molar-refractivity contribution >= 4 is 25.7 Å². The number of esters is 3. The van der Waals surface area contributed by atoms with E-state index in [0.717, 1.165) is 83.5 Å². The van der Waals surface area contributed by atoms with Crippen LogP contribution in [0.3, 0.4) is 0 Å². The van der Waals surface area contributed by atoms with Crippen molar-refractivity contribution in [2.45, 2.75) is 341 Å². The van der Waals surface area contributed by atoms with Gasteiger partial charge in [-0.2, -0.15) is 0 Å². The number of hydrogen-bond donors (Lipinski definition) is 2. The predicted octanol–water partition coefficient (Wildman–Crippen LogP) is 20.5. The van der Waals surface area contributed by atoms with Gasteiger partial charge in [-0.15, -0.1) is 0 Å². The highest BCUT2D eigenvalue weighted by Gasteiger charge is 2.28. The summed E-state index contributed by atoms with van der Waals surface area (Å²) < 4.78 is 39.7. The topological polar surface area (TPSA) is 155 Å². The quantitative estimate of drug-likeness (QED) is 0.0197. The van der Waals surface area contributed by atoms with Crippen LogP contribution in [-0.2, 0) is 42.2 Å². The Labute approximate surface area is 492 Å². The zero-order valence-electron chi connectivity index (χ0n) is 52.1. The van der Waals surface area contributed by atoms with Gasteiger partial charge >= 0.3 is 25.7 Å². The summed E-state index contributed by atoms with van der Waals surface area (Å²) >= 11 is 0. The largest absolute Gasteiger partial charge is 0.472 e. The van der Waals surface area contributed by atoms with Gasteiger partial charge in [-0.1, -0.05) is 256 Å². The van der Waals surface area contributed by atoms with Crippen LogP contribution in [-0.4, -0.2) is 66.5 Å². The maximum absolute atomic E-state index is 13.0. The zero-order chi connectivity index (χ0) is 58.3. The first kappa shape index (κ1) is 77.4. The van der Waals surface area contributed by atoms with Crippen LogP contribution in [0.5, 0.6) is 0 Å². The van der Waals surface area contributed by atoms with Gasteiger partial charge in [-0.25, -0.2) is 4.57 Å². The van der Waals surface area contributed by atoms with E-state index < -0.39 is 57.8 Å². The van der Waals surface area contributed by atoms with Crippen molar-refractivity contribution < 1.29 is 52.2 Å². The van der Waals surface area contributed by atoms with E-state index in [1.54, 1.807) is 0 Å². The van der Waals surface area contributed by atoms with E-state index in [1.165, 1.54) is 186 Å². The highest BCUT2D eigenvalue weighted by molar-refractivity contribution is 7.47. The smallest absolute Gasteiger partial charge is 0.462 e. The first-order chi connectivity index (χ1) is 39.2. The number of ether oxygens (including phenoxy) is 3. The summed E-state index contributed by atoms with van der Waals surface area (Å²) in [6, 6.07) is 0. The molecular formula is C68H125O11P. The first-order valence-corrected chi connectivity index (χ1v) is 35.0. The number of phosphoric acid groups is 1. The van der Waals surface area contributed by atoms with E-state index in [1.807, 2.05) is 0 Å². The molecule has 2 N–H and O–H groups in total. The van der Waals surface area contributed by atoms with Gasteiger partial charge in [0, 0.05) is 19.3 Å². The van der Waals surface area contributed by atoms with Crippen LogP contribution in [0.25, 0.3) is 0 Å². The molecule has 0 aliphatic carbocycles. The Morgan fingerprint density at radius 2 is 0.613 bits per heavy atom. The highest BCUT2D eigenvalue weighted by atomic mass is 31.2. The van der Waals surface area contributed by atoms with Crippen LogP contribution in [0.1, 0.15) is 329 Å². The number of unbranched alkanes of at least 4 members (excludes halogenated alkanes) is 38. The van der Waals surface area contributed by atoms with Crippen LogP contribution in [0.15, 0.2) is 48.6 Å². The molecule has 0 aromatic rings. The van der Waals surface area contributed by atoms with E-state index in [4.69, 9.17) is 23.3 Å². The molecule has 11 nitrogen and oxygen atoms in total. The fourth-order valence-electron chi connectivity index (χ4n) is 9.55. The second-order valence-electron chi connectivity index (χ2n) is 22.6. The summed E-state index contributed by atoms with van der Waals surface area (Å²) in [5.74, 6) is -1.46. The second-order valence-corrected chi connectivity index (χ2v) is 24.1. The summed E-state index contributed by atoms with van der Waals surface area (Å²) in [5, 5.41) is 9.86. The molecule has 0 aromatic heterocycles. The number of phosphoric ester groups is 1. The minimum Gasteiger partial charge on any atom is -0.462 e. The maximum atomic E-state index is 13.0. The number of hydrogen-bond acceptors (Lipinski definition) is 10. The van der Waals surface area contributed by atoms with Crippen LogP contribution < -0.4 is 0 Å². The molecule has 80 heavy (non-hydrogen) atoms. The van der Waals surface area contributed by atoms with Crippen molar-refractivity contribution in [2.75, 3.05) is 26.4 Å². The van der Waals surface area contributed by atoms with Gasteiger partial charge in [0.15, 0.2) is 6.10 Å². The van der Waals surface area contributed by atoms with Crippen molar-refractivity contribution in [3.05, 3.63) is 48.6 Å². The summed E-state index contributed by atoms with van der Waals surface area (Å²) in [6.07, 6.45) is 69.1. The molecule has 468 valence electrons. The monoisotopic (exact) mass is 1150 g/mol. The number of carbonyl (C=O) groups is 3. The van der Waals surface area contributed by atoms with Gasteiger partial charge in [0.2, 0.25) is 0 Å². The van der Waals surface area contributed by atoms with Gasteiger partial charge in [0.1, 0.15) is 12.7 Å². The molecule has 0 radical (unpaired) electrons. The lowest BCUT2D eigenvalue weighted by atomic mass is 10.1. The Kier molecular flexibility index (Phi) is 60.5. The number of aliphatic hydroxyl groups is 1. The van der Waals surface area contributed by atoms with Gasteiger partial charge in [-0.05, 0) is 103 Å². The minimum atomic E-state index is -4.76. The van der Waals surface area contributed by atoms with Crippen LogP contribution in [0, 0.1) is 0 Å². The minimum absolute atomic E-state index is 0.160. The average molecular weight is 1150 g/mol. The first-order valence-electron chi connectivity index (χ1n) is 33.5. The Balaban J connectivity index is 4.67. The average Bonchev–Trinajstić information content (AvgIpc) is 3.45. The summed E-state index contributed by atoms with van der Waals surface area (Å²) in [7, 11) is -4.76. The molecule has 0 aromatic carbocycles. The van der Waals surface area contributed by atoms with Gasteiger partial charge in [-0.3, -0.25) is 23.4 Å². The molecule has 3 unspecified atom stereocenters. The molecule has 0 saturated carbocycles. The highest BCUT2D eigenvalue weighted by Crippen LogP contribution is 2.43. The fourth-order valence-corrected chi connectivity index (χ4v) is 10.3. The lowest BCUT2D eigenvalue weighted by Gasteiger charge is -2.21. The molecule has 0 aliphatic heterocycles. The molecule has 0 spiro atoms. The Morgan fingerprint density at radius 3 is 0.963 bits per heavy atom. The van der Waals surface area contributed by atoms with Gasteiger partial charge in [0.25, 0.3) is 0 Å². The molecule has 0 heterocycles. The number of aliphatic hydroxyl groups excluding tert-OH is 1. The molecular weight excluding hydrogens is 1020 g/mol. The Bertz CT molecular complexity index is 1530. The fraction of sp³-hybridized carbons (Fsp3) is 0.838. The summed E-state index contributed by atoms with van der Waals surface area (Å²) in [5.41, 5.74) is 0. The number of carbonyl (C=O) groups excluding carboxylic acids is 3. The van der Waals surface area contributed by atoms with Crippen LogP contribution >= 0.6 is 7.82 Å². The molecule has 3 atom stereocenters. The molecule has 0 amide bonds. The van der Waals surface area contributed by atoms with Crippen molar-refractivity contribution in [1.29, 1.82) is 0 Å². The molecule has 12 heteroatoms. The van der Waals surface area contributed by atoms with Crippen molar-refractivity contribution in [3.63, 3.8) is 0 Å². The molecule has 0 bridgehead atoms. The molecule has 0 saturated heterocycles. The van der Waals surface area contributed by atoms with E-state index >= 15 is 0 Å². The third kappa shape index (κ3) is 60.0. The Hall–Kier alpha value is -2.56. The van der Waals surface area contributed by atoms with Crippen molar-refractivity contribution in [3.8, 4) is 0 Å². The third-order valence-electron chi connectivity index (χ3n) is 14.7. The summed E-state index contributed by atoms with van der Waals surface area (Å²) in [6.45, 7) is 4.66. The van der Waals surface area contributed by atoms with Gasteiger partial charge in [0.05, 0.1) is 19.8 Å². The van der Waals surface area contributed by atoms with Crippen molar-refractivity contribution in [2.24, 2.45) is 0 Å². The lowest BCUT2D eigenvalue weighted by Crippen LogP contribution is -2.30. The van der Waals surface area contributed by atoms with Crippen LogP contribution in [0.2, 0.25) is 0 Å². The Morgan fingerprint density at radius 1 is 0.350 bits per heavy atom. The SMILES string of the molecule is CCCCC/C=C\C/C=C\CCCCCCCCCC(=O)OC(COC(=O)CCCCCCCCCCC/C=C\CCCCCCCC)COP(=O)(O)OCC(CO)OC(=O)CCCCCCCCC/C=C\CCCCCCCC. The predicted molar refractivity (Wildman–Crippen MR) is 335 cm³/mol. The van der Waals surface area contributed by atoms with Crippen LogP contribution in [0.4, 0.5) is 0 Å². The van der Waals surface area contributed by atoms with Gasteiger partial charge < -0.3 is 24.2 Å². The second kappa shape index (κ2) is 62.5. The van der Waals surface area contributed by atoms with E-state index in [9.17, 15) is 28.9 Å². The van der Waals surface area contributed by atoms with E-state index in [0.29, 0.717) is 19.3 Å². The standard InChI is InChI=1S/C68H125O11P/c1-4-7-10-13-16-19-22-25-28-31-32-35-36-39-42-45-48-51-54-57-66(70)75-61-65(79-68(72)59-56-53-50-47-44-41-38-34-30-27-24-21-18-15-12-9-6-3)63-77-80(73,74)76-62-64(60-69)78-67(71)58-55-52-49-46-43-40-37-33-29-26-23-20-17-14-11-8-5-2/h18,21,25-30,64-65,69H,4-17,19-20,22-24,31-63H2,1-3H3,(H,73,74)/b21-18-,28-25-,29-26-,30-27-. The summed E-state index contributed by atoms with van der Waals surface area (Å²) in [4.78, 5) is 48.8. The molecule has 0 fully saturated rings. The molecule has 0 aliphatic rings. The third-order valence-corrected chi connectivity index (χ3v) is 15.6. The van der Waals surface area contributed by atoms with Crippen molar-refractivity contribution in [1.82, 2.24) is 0 Å².